The van der Waals surface area contributed by atoms with Crippen molar-refractivity contribution in [2.75, 3.05) is 31.6 Å². The molecule has 3 heterocycles. The minimum atomic E-state index is -0.234. The zero-order valence-electron chi connectivity index (χ0n) is 22.0. The average Bonchev–Trinajstić information content (AvgIpc) is 2.87. The maximum absolute atomic E-state index is 13.6. The summed E-state index contributed by atoms with van der Waals surface area (Å²) in [6.07, 6.45) is 10.7. The highest BCUT2D eigenvalue weighted by atomic mass is 16.5. The molecule has 196 valence electrons. The first kappa shape index (κ1) is 26.1. The van der Waals surface area contributed by atoms with Crippen LogP contribution >= 0.6 is 0 Å². The lowest BCUT2D eigenvalue weighted by Crippen LogP contribution is -2.40. The van der Waals surface area contributed by atoms with Crippen LogP contribution in [-0.2, 0) is 14.3 Å². The smallest absolute Gasteiger partial charge is 0.302 e. The summed E-state index contributed by atoms with van der Waals surface area (Å²) < 4.78 is 7.33. The van der Waals surface area contributed by atoms with Crippen LogP contribution in [0.5, 0.6) is 0 Å². The minimum absolute atomic E-state index is 0.0422. The third kappa shape index (κ3) is 5.71. The molecule has 9 nitrogen and oxygen atoms in total. The Morgan fingerprint density at radius 3 is 2.42 bits per heavy atom. The van der Waals surface area contributed by atoms with E-state index in [9.17, 15) is 14.4 Å². The Labute approximate surface area is 212 Å². The fraction of sp³-hybridized carbons (Fsp3) is 0.667. The van der Waals surface area contributed by atoms with Crippen LogP contribution in [0.25, 0.3) is 10.9 Å². The quantitative estimate of drug-likeness (QED) is 0.537. The number of likely N-dealkylation sites (tertiary alicyclic amines) is 1. The Morgan fingerprint density at radius 1 is 1.11 bits per heavy atom. The molecule has 0 aromatic carbocycles. The van der Waals surface area contributed by atoms with Gasteiger partial charge in [0.05, 0.1) is 10.9 Å². The maximum atomic E-state index is 13.6. The van der Waals surface area contributed by atoms with Crippen LogP contribution in [0.2, 0.25) is 0 Å². The molecule has 2 fully saturated rings. The fourth-order valence-electron chi connectivity index (χ4n) is 5.59. The van der Waals surface area contributed by atoms with Gasteiger partial charge in [-0.25, -0.2) is 9.97 Å². The molecule has 9 heteroatoms. The number of esters is 1. The van der Waals surface area contributed by atoms with E-state index in [1.807, 2.05) is 27.6 Å². The van der Waals surface area contributed by atoms with Gasteiger partial charge in [0, 0.05) is 59.0 Å². The van der Waals surface area contributed by atoms with E-state index < -0.39 is 0 Å². The molecule has 2 aliphatic rings. The minimum Gasteiger partial charge on any atom is -0.463 e. The Bertz CT molecular complexity index is 1150. The van der Waals surface area contributed by atoms with Gasteiger partial charge in [-0.3, -0.25) is 14.4 Å². The molecule has 1 aliphatic heterocycles. The number of hydrogen-bond donors (Lipinski definition) is 0. The summed E-state index contributed by atoms with van der Waals surface area (Å²) in [6, 6.07) is 0.0422. The molecular weight excluding hydrogens is 458 g/mol. The van der Waals surface area contributed by atoms with Gasteiger partial charge in [0.1, 0.15) is 6.10 Å². The monoisotopic (exact) mass is 497 g/mol. The predicted octanol–water partition coefficient (Wildman–Crippen LogP) is 3.80. The van der Waals surface area contributed by atoms with Gasteiger partial charge in [0.15, 0.2) is 0 Å². The summed E-state index contributed by atoms with van der Waals surface area (Å²) in [7, 11) is 1.99. The number of unbranched alkanes of at least 4 members (excludes halogenated alkanes) is 1. The van der Waals surface area contributed by atoms with E-state index in [0.717, 1.165) is 69.0 Å². The highest BCUT2D eigenvalue weighted by Crippen LogP contribution is 2.37. The first-order valence-electron chi connectivity index (χ1n) is 13.3. The molecule has 0 radical (unpaired) electrons. The summed E-state index contributed by atoms with van der Waals surface area (Å²) in [6.45, 7) is 7.38. The number of amides is 1. The number of rotatable bonds is 7. The number of anilines is 1. The average molecular weight is 498 g/mol. The number of aromatic nitrogens is 3. The van der Waals surface area contributed by atoms with E-state index >= 15 is 0 Å². The molecule has 36 heavy (non-hydrogen) atoms. The molecule has 0 N–H and O–H groups in total. The van der Waals surface area contributed by atoms with Crippen LogP contribution in [0.4, 0.5) is 5.95 Å². The van der Waals surface area contributed by atoms with Crippen LogP contribution in [0, 0.1) is 0 Å². The number of carbonyl (C=O) groups excluding carboxylic acids is 2. The number of hydrogen-bond acceptors (Lipinski definition) is 7. The zero-order valence-corrected chi connectivity index (χ0v) is 22.0. The van der Waals surface area contributed by atoms with Gasteiger partial charge in [-0.1, -0.05) is 13.3 Å². The molecule has 0 spiro atoms. The molecule has 1 aliphatic carbocycles. The van der Waals surface area contributed by atoms with E-state index in [-0.39, 0.29) is 35.5 Å². The first-order chi connectivity index (χ1) is 17.3. The first-order valence-corrected chi connectivity index (χ1v) is 13.3. The van der Waals surface area contributed by atoms with Crippen molar-refractivity contribution >= 4 is 28.7 Å². The van der Waals surface area contributed by atoms with Crippen molar-refractivity contribution in [3.05, 3.63) is 28.3 Å². The maximum Gasteiger partial charge on any atom is 0.302 e. The SMILES string of the molecule is CCCCN(C)c1ncc2c(=O)n(C3CCN(C(C)=O)CC3)cc(C3CCC(OC(C)=O)CC3)c2n1. The van der Waals surface area contributed by atoms with E-state index in [4.69, 9.17) is 9.72 Å². The number of piperidine rings is 1. The molecule has 2 aromatic rings. The molecule has 1 amide bonds. The van der Waals surface area contributed by atoms with Crippen molar-refractivity contribution in [2.24, 2.45) is 0 Å². The fourth-order valence-corrected chi connectivity index (χ4v) is 5.59. The van der Waals surface area contributed by atoms with Crippen molar-refractivity contribution in [3.8, 4) is 0 Å². The zero-order chi connectivity index (χ0) is 25.8. The van der Waals surface area contributed by atoms with Crippen LogP contribution in [-0.4, -0.2) is 64.1 Å². The van der Waals surface area contributed by atoms with Crippen LogP contribution < -0.4 is 10.5 Å². The van der Waals surface area contributed by atoms with Crippen molar-refractivity contribution in [2.45, 2.75) is 90.2 Å². The Morgan fingerprint density at radius 2 is 1.81 bits per heavy atom. The van der Waals surface area contributed by atoms with Crippen molar-refractivity contribution < 1.29 is 14.3 Å². The highest BCUT2D eigenvalue weighted by molar-refractivity contribution is 5.81. The summed E-state index contributed by atoms with van der Waals surface area (Å²) >= 11 is 0. The van der Waals surface area contributed by atoms with E-state index in [1.54, 1.807) is 13.1 Å². The second-order valence-corrected chi connectivity index (χ2v) is 10.3. The van der Waals surface area contributed by atoms with Gasteiger partial charge < -0.3 is 19.1 Å². The van der Waals surface area contributed by atoms with Crippen LogP contribution in [0.15, 0.2) is 17.2 Å². The standard InChI is InChI=1S/C27H39N5O4/c1-5-6-13-30(4)27-28-16-23-25(29-27)24(20-7-9-22(10-8-20)36-19(3)34)17-32(26(23)35)21-11-14-31(15-12-21)18(2)33/h16-17,20-22H,5-15H2,1-4H3. The third-order valence-corrected chi connectivity index (χ3v) is 7.73. The summed E-state index contributed by atoms with van der Waals surface area (Å²) in [5.74, 6) is 0.712. The van der Waals surface area contributed by atoms with Crippen molar-refractivity contribution in [3.63, 3.8) is 0 Å². The lowest BCUT2D eigenvalue weighted by atomic mass is 9.82. The second-order valence-electron chi connectivity index (χ2n) is 10.3. The van der Waals surface area contributed by atoms with Gasteiger partial charge in [0.2, 0.25) is 11.9 Å². The largest absolute Gasteiger partial charge is 0.463 e. The molecule has 0 bridgehead atoms. The van der Waals surface area contributed by atoms with Crippen LogP contribution in [0.3, 0.4) is 0 Å². The topological polar surface area (TPSA) is 97.6 Å². The van der Waals surface area contributed by atoms with Gasteiger partial charge in [-0.15, -0.1) is 0 Å². The molecule has 0 atom stereocenters. The van der Waals surface area contributed by atoms with Crippen LogP contribution in [0.1, 0.15) is 89.7 Å². The predicted molar refractivity (Wildman–Crippen MR) is 139 cm³/mol. The second kappa shape index (κ2) is 11.4. The molecule has 1 saturated heterocycles. The van der Waals surface area contributed by atoms with Crippen molar-refractivity contribution in [1.29, 1.82) is 0 Å². The third-order valence-electron chi connectivity index (χ3n) is 7.73. The lowest BCUT2D eigenvalue weighted by Gasteiger charge is -2.33. The molecule has 2 aromatic heterocycles. The summed E-state index contributed by atoms with van der Waals surface area (Å²) in [5, 5.41) is 0.552. The van der Waals surface area contributed by atoms with Gasteiger partial charge in [-0.2, -0.15) is 0 Å². The Kier molecular flexibility index (Phi) is 8.26. The number of nitrogens with zero attached hydrogens (tertiary/aromatic N) is 5. The summed E-state index contributed by atoms with van der Waals surface area (Å²) in [4.78, 5) is 50.2. The summed E-state index contributed by atoms with van der Waals surface area (Å²) in [5.41, 5.74) is 1.75. The Balaban J connectivity index is 1.71. The Hall–Kier alpha value is -2.97. The molecular formula is C27H39N5O4. The highest BCUT2D eigenvalue weighted by Gasteiger charge is 2.29. The molecule has 1 saturated carbocycles. The number of carbonyl (C=O) groups is 2. The van der Waals surface area contributed by atoms with Crippen molar-refractivity contribution in [1.82, 2.24) is 19.4 Å². The van der Waals surface area contributed by atoms with E-state index in [2.05, 4.69) is 11.9 Å². The van der Waals surface area contributed by atoms with Gasteiger partial charge in [0.25, 0.3) is 5.56 Å². The molecule has 0 unspecified atom stereocenters. The van der Waals surface area contributed by atoms with Gasteiger partial charge >= 0.3 is 5.97 Å². The van der Waals surface area contributed by atoms with E-state index in [0.29, 0.717) is 24.4 Å². The normalized spacial score (nSPS) is 20.9. The number of ether oxygens (including phenoxy) is 1. The number of pyridine rings is 1. The lowest BCUT2D eigenvalue weighted by molar-refractivity contribution is -0.147. The van der Waals surface area contributed by atoms with E-state index in [1.165, 1.54) is 6.92 Å². The molecule has 4 rings (SSSR count). The van der Waals surface area contributed by atoms with Gasteiger partial charge in [-0.05, 0) is 56.4 Å². The number of fused-ring (bicyclic) bond motifs is 1.